The monoisotopic (exact) mass is 550 g/mol. The molecule has 2 amide bonds. The predicted molar refractivity (Wildman–Crippen MR) is 135 cm³/mol. The topological polar surface area (TPSA) is 57.7 Å². The minimum Gasteiger partial charge on any atom is -0.352 e. The first-order valence-electron chi connectivity index (χ1n) is 11.0. The number of carbonyl (C=O) groups excluding carboxylic acids is 3. The first-order valence-corrected chi connectivity index (χ1v) is 12.2. The van der Waals surface area contributed by atoms with Crippen molar-refractivity contribution in [2.45, 2.75) is 12.1 Å². The fraction of sp³-hybridized carbons (Fsp3) is 0.148. The molecule has 174 valence electrons. The maximum absolute atomic E-state index is 13.9. The van der Waals surface area contributed by atoms with E-state index in [4.69, 9.17) is 11.6 Å². The quantitative estimate of drug-likeness (QED) is 0.318. The zero-order chi connectivity index (χ0) is 24.4. The van der Waals surface area contributed by atoms with Crippen LogP contribution < -0.4 is 9.80 Å². The minimum absolute atomic E-state index is 0.252. The highest BCUT2D eigenvalue weighted by Gasteiger charge is 2.64. The molecule has 4 atom stereocenters. The van der Waals surface area contributed by atoms with Crippen LogP contribution in [0.2, 0.25) is 5.02 Å². The minimum atomic E-state index is -0.907. The highest BCUT2D eigenvalue weighted by atomic mass is 79.9. The average molecular weight is 552 g/mol. The first kappa shape index (κ1) is 22.2. The van der Waals surface area contributed by atoms with Gasteiger partial charge in [0.15, 0.2) is 5.78 Å². The standard InChI is InChI=1S/C27H17BrClFN2O3/c28-16-5-1-15(2-6-16)25(33)24-23-22(20-12-4-14-3-7-17(29)13-21(14)32(20)24)26(34)31(27(23)35)19-10-8-18(30)9-11-19/h1-13,20,22-24H/t20-,22+,23-,24+/m1/s1. The van der Waals surface area contributed by atoms with E-state index in [1.807, 2.05) is 23.1 Å². The van der Waals surface area contributed by atoms with E-state index in [-0.39, 0.29) is 5.78 Å². The van der Waals surface area contributed by atoms with E-state index in [1.165, 1.54) is 24.3 Å². The van der Waals surface area contributed by atoms with E-state index in [0.717, 1.165) is 14.9 Å². The predicted octanol–water partition coefficient (Wildman–Crippen LogP) is 5.51. The lowest BCUT2D eigenvalue weighted by Gasteiger charge is -2.36. The Morgan fingerprint density at radius 3 is 2.31 bits per heavy atom. The largest absolute Gasteiger partial charge is 0.352 e. The molecule has 2 saturated heterocycles. The normalized spacial score (nSPS) is 24.4. The van der Waals surface area contributed by atoms with E-state index in [0.29, 0.717) is 22.0 Å². The van der Waals surface area contributed by atoms with Crippen LogP contribution in [0.4, 0.5) is 15.8 Å². The zero-order valence-electron chi connectivity index (χ0n) is 18.1. The third-order valence-electron chi connectivity index (χ3n) is 6.95. The highest BCUT2D eigenvalue weighted by molar-refractivity contribution is 9.10. The Balaban J connectivity index is 1.50. The summed E-state index contributed by atoms with van der Waals surface area (Å²) in [5, 5.41) is 0.496. The lowest BCUT2D eigenvalue weighted by Crippen LogP contribution is -2.48. The Bertz CT molecular complexity index is 1420. The number of anilines is 2. The smallest absolute Gasteiger partial charge is 0.240 e. The number of nitrogens with zero attached hydrogens (tertiary/aromatic N) is 2. The van der Waals surface area contributed by atoms with Crippen LogP contribution in [0.3, 0.4) is 0 Å². The molecule has 0 unspecified atom stereocenters. The summed E-state index contributed by atoms with van der Waals surface area (Å²) in [5.74, 6) is -3.25. The van der Waals surface area contributed by atoms with Gasteiger partial charge in [0, 0.05) is 20.7 Å². The van der Waals surface area contributed by atoms with Gasteiger partial charge in [-0.15, -0.1) is 0 Å². The van der Waals surface area contributed by atoms with Gasteiger partial charge in [0.05, 0.1) is 23.6 Å². The average Bonchev–Trinajstić information content (AvgIpc) is 3.33. The van der Waals surface area contributed by atoms with Crippen LogP contribution >= 0.6 is 27.5 Å². The molecular formula is C27H17BrClFN2O3. The van der Waals surface area contributed by atoms with Crippen molar-refractivity contribution in [1.82, 2.24) is 0 Å². The van der Waals surface area contributed by atoms with E-state index < -0.39 is 41.6 Å². The van der Waals surface area contributed by atoms with Gasteiger partial charge in [-0.1, -0.05) is 57.9 Å². The molecule has 0 bridgehead atoms. The fourth-order valence-electron chi connectivity index (χ4n) is 5.46. The van der Waals surface area contributed by atoms with Crippen LogP contribution in [0.15, 0.2) is 77.3 Å². The number of carbonyl (C=O) groups is 3. The molecule has 0 spiro atoms. The van der Waals surface area contributed by atoms with Crippen molar-refractivity contribution in [1.29, 1.82) is 0 Å². The number of Topliss-reactive ketones (excluding diaryl/α,β-unsaturated/α-hetero) is 1. The second-order valence-corrected chi connectivity index (χ2v) is 10.2. The zero-order valence-corrected chi connectivity index (χ0v) is 20.4. The summed E-state index contributed by atoms with van der Waals surface area (Å²) in [6, 6.07) is 16.1. The Morgan fingerprint density at radius 2 is 1.60 bits per heavy atom. The van der Waals surface area contributed by atoms with Crippen molar-refractivity contribution in [3.8, 4) is 0 Å². The number of ketones is 1. The molecule has 8 heteroatoms. The van der Waals surface area contributed by atoms with Gasteiger partial charge in [0.2, 0.25) is 11.8 Å². The van der Waals surface area contributed by atoms with Gasteiger partial charge in [-0.05, 0) is 54.1 Å². The highest BCUT2D eigenvalue weighted by Crippen LogP contribution is 2.50. The van der Waals surface area contributed by atoms with Crippen molar-refractivity contribution < 1.29 is 18.8 Å². The summed E-state index contributed by atoms with van der Waals surface area (Å²) < 4.78 is 14.3. The third kappa shape index (κ3) is 3.37. The van der Waals surface area contributed by atoms with Crippen LogP contribution in [-0.2, 0) is 9.59 Å². The Hall–Kier alpha value is -3.29. The molecule has 0 aliphatic carbocycles. The van der Waals surface area contributed by atoms with Crippen molar-refractivity contribution in [2.75, 3.05) is 9.80 Å². The number of rotatable bonds is 3. The number of amides is 2. The molecule has 3 heterocycles. The van der Waals surface area contributed by atoms with E-state index in [2.05, 4.69) is 15.9 Å². The molecule has 0 N–H and O–H groups in total. The van der Waals surface area contributed by atoms with Crippen molar-refractivity contribution in [2.24, 2.45) is 11.8 Å². The van der Waals surface area contributed by atoms with Gasteiger partial charge in [0.1, 0.15) is 11.9 Å². The summed E-state index contributed by atoms with van der Waals surface area (Å²) in [4.78, 5) is 44.4. The number of benzene rings is 3. The Morgan fingerprint density at radius 1 is 0.914 bits per heavy atom. The van der Waals surface area contributed by atoms with Crippen LogP contribution in [0, 0.1) is 17.7 Å². The summed E-state index contributed by atoms with van der Waals surface area (Å²) in [6.45, 7) is 0. The van der Waals surface area contributed by atoms with E-state index >= 15 is 0 Å². The number of hydrogen-bond acceptors (Lipinski definition) is 4. The van der Waals surface area contributed by atoms with E-state index in [1.54, 1.807) is 36.4 Å². The van der Waals surface area contributed by atoms with Gasteiger partial charge in [0.25, 0.3) is 0 Å². The molecule has 3 aliphatic rings. The van der Waals surface area contributed by atoms with Gasteiger partial charge < -0.3 is 4.90 Å². The fourth-order valence-corrected chi connectivity index (χ4v) is 5.89. The second-order valence-electron chi connectivity index (χ2n) is 8.82. The number of hydrogen-bond donors (Lipinski definition) is 0. The number of imide groups is 1. The Kier molecular flexibility index (Phi) is 5.16. The maximum atomic E-state index is 13.9. The molecule has 3 aliphatic heterocycles. The first-order chi connectivity index (χ1) is 16.8. The van der Waals surface area contributed by atoms with Crippen LogP contribution in [0.5, 0.6) is 0 Å². The molecule has 3 aromatic carbocycles. The third-order valence-corrected chi connectivity index (χ3v) is 7.72. The lowest BCUT2D eigenvalue weighted by molar-refractivity contribution is -0.122. The summed E-state index contributed by atoms with van der Waals surface area (Å²) >= 11 is 9.70. The molecule has 0 radical (unpaired) electrons. The van der Waals surface area contributed by atoms with Crippen LogP contribution in [0.1, 0.15) is 15.9 Å². The van der Waals surface area contributed by atoms with Crippen molar-refractivity contribution in [3.05, 3.63) is 99.2 Å². The molecule has 2 fully saturated rings. The van der Waals surface area contributed by atoms with Gasteiger partial charge in [-0.2, -0.15) is 0 Å². The maximum Gasteiger partial charge on any atom is 0.240 e. The number of fused-ring (bicyclic) bond motifs is 5. The molecule has 6 rings (SSSR count). The van der Waals surface area contributed by atoms with Gasteiger partial charge >= 0.3 is 0 Å². The summed E-state index contributed by atoms with van der Waals surface area (Å²) in [7, 11) is 0. The van der Waals surface area contributed by atoms with Crippen LogP contribution in [-0.4, -0.2) is 29.7 Å². The molecule has 35 heavy (non-hydrogen) atoms. The van der Waals surface area contributed by atoms with Crippen molar-refractivity contribution in [3.63, 3.8) is 0 Å². The molecule has 0 aromatic heterocycles. The Labute approximate surface area is 213 Å². The van der Waals surface area contributed by atoms with Crippen LogP contribution in [0.25, 0.3) is 6.08 Å². The summed E-state index contributed by atoms with van der Waals surface area (Å²) in [5.41, 5.74) is 2.30. The van der Waals surface area contributed by atoms with Gasteiger partial charge in [-0.25, -0.2) is 9.29 Å². The van der Waals surface area contributed by atoms with Crippen molar-refractivity contribution >= 4 is 62.6 Å². The number of halogens is 3. The van der Waals surface area contributed by atoms with Gasteiger partial charge in [-0.3, -0.25) is 14.4 Å². The summed E-state index contributed by atoms with van der Waals surface area (Å²) in [6.07, 6.45) is 3.77. The van der Waals surface area contributed by atoms with E-state index in [9.17, 15) is 18.8 Å². The lowest BCUT2D eigenvalue weighted by atomic mass is 9.86. The molecule has 5 nitrogen and oxygen atoms in total. The molecule has 0 saturated carbocycles. The SMILES string of the molecule is O=C(c1ccc(Br)cc1)[C@@H]1[C@@H]2C(=O)N(c3ccc(F)cc3)C(=O)[C@H]2[C@H]2C=Cc3ccc(Cl)cc3N21. The second kappa shape index (κ2) is 8.14. The molecule has 3 aromatic rings. The molecular weight excluding hydrogens is 535 g/mol.